The van der Waals surface area contributed by atoms with Gasteiger partial charge in [-0.3, -0.25) is 0 Å². The molecule has 29 heavy (non-hydrogen) atoms. The number of aromatic nitrogens is 1. The molecule has 0 N–H and O–H groups in total. The van der Waals surface area contributed by atoms with Gasteiger partial charge < -0.3 is 0 Å². The number of fused-ring (bicyclic) bond motifs is 1. The van der Waals surface area contributed by atoms with Crippen LogP contribution in [0.1, 0.15) is 0 Å². The largest absolute Gasteiger partial charge is 0.310 e. The van der Waals surface area contributed by atoms with Crippen LogP contribution in [0.4, 0.5) is 23.8 Å². The first-order valence-electron chi connectivity index (χ1n) is 8.41. The molecule has 0 saturated carbocycles. The highest BCUT2D eigenvalue weighted by Gasteiger charge is 2.65. The number of rotatable bonds is 3. The van der Waals surface area contributed by atoms with Gasteiger partial charge in [0.2, 0.25) is 0 Å². The zero-order chi connectivity index (χ0) is 20.9. The minimum atomic E-state index is -9.85. The summed E-state index contributed by atoms with van der Waals surface area (Å²) in [5, 5.41) is -0.0483. The molecule has 0 saturated heterocycles. The molecule has 3 aromatic carbocycles. The Morgan fingerprint density at radius 2 is 1.31 bits per heavy atom. The normalized spacial score (nSPS) is 14.4. The fraction of sp³-hybridized carbons (Fsp3) is 0. The smallest absolute Gasteiger partial charge is 0.248 e. The van der Waals surface area contributed by atoms with E-state index in [-0.39, 0.29) is 10.9 Å². The number of hydrogen-bond acceptors (Lipinski definition) is 1. The highest BCUT2D eigenvalue weighted by atomic mass is 32.5. The van der Waals surface area contributed by atoms with Crippen LogP contribution in [0.2, 0.25) is 0 Å². The predicted molar refractivity (Wildman–Crippen MR) is 104 cm³/mol. The van der Waals surface area contributed by atoms with Crippen LogP contribution in [0.25, 0.3) is 33.3 Å². The predicted octanol–water partition coefficient (Wildman–Crippen LogP) is 8.37. The van der Waals surface area contributed by atoms with Crippen LogP contribution >= 0.6 is 10.2 Å². The number of hydrogen-bond donors (Lipinski definition) is 0. The summed E-state index contributed by atoms with van der Waals surface area (Å²) in [6.07, 6.45) is 0. The van der Waals surface area contributed by atoms with Crippen molar-refractivity contribution in [2.24, 2.45) is 0 Å². The number of benzene rings is 3. The van der Waals surface area contributed by atoms with Gasteiger partial charge in [-0.2, -0.15) is 0 Å². The highest BCUT2D eigenvalue weighted by molar-refractivity contribution is 8.45. The van der Waals surface area contributed by atoms with Crippen LogP contribution in [-0.4, -0.2) is 4.98 Å². The fourth-order valence-corrected chi connectivity index (χ4v) is 3.74. The Morgan fingerprint density at radius 3 is 1.93 bits per heavy atom. The summed E-state index contributed by atoms with van der Waals surface area (Å²) in [5.41, 5.74) is 1.91. The molecule has 1 heterocycles. The van der Waals surface area contributed by atoms with Crippen molar-refractivity contribution in [1.82, 2.24) is 4.98 Å². The van der Waals surface area contributed by atoms with E-state index in [4.69, 9.17) is 0 Å². The lowest BCUT2D eigenvalue weighted by Crippen LogP contribution is -2.06. The van der Waals surface area contributed by atoms with Gasteiger partial charge in [-0.1, -0.05) is 49.8 Å². The second kappa shape index (κ2) is 5.76. The van der Waals surface area contributed by atoms with Gasteiger partial charge in [-0.15, -0.1) is 0 Å². The lowest BCUT2D eigenvalue weighted by Gasteiger charge is -2.40. The minimum absolute atomic E-state index is 0.0483. The summed E-state index contributed by atoms with van der Waals surface area (Å²) in [6, 6.07) is 17.1. The Balaban J connectivity index is 2.04. The molecule has 0 spiro atoms. The van der Waals surface area contributed by atoms with Gasteiger partial charge in [0, 0.05) is 10.9 Å². The molecule has 0 bridgehead atoms. The maximum Gasteiger partial charge on any atom is 0.310 e. The molecule has 1 nitrogen and oxygen atoms in total. The average molecular weight is 425 g/mol. The molecule has 0 atom stereocenters. The molecule has 0 amide bonds. The monoisotopic (exact) mass is 425 g/mol. The van der Waals surface area contributed by atoms with Crippen LogP contribution < -0.4 is 0 Å². The Labute approximate surface area is 162 Å². The van der Waals surface area contributed by atoms with Crippen LogP contribution in [0.15, 0.2) is 83.8 Å². The Morgan fingerprint density at radius 1 is 0.655 bits per heavy atom. The van der Waals surface area contributed by atoms with Crippen molar-refractivity contribution in [1.29, 1.82) is 0 Å². The van der Waals surface area contributed by atoms with E-state index in [0.29, 0.717) is 34.5 Å². The van der Waals surface area contributed by atoms with Gasteiger partial charge in [0.05, 0.1) is 11.2 Å². The van der Waals surface area contributed by atoms with E-state index >= 15 is 0 Å². The van der Waals surface area contributed by atoms with Crippen LogP contribution in [-0.2, 0) is 0 Å². The Bertz CT molecular complexity index is 1220. The third-order valence-corrected chi connectivity index (χ3v) is 5.60. The second-order valence-electron chi connectivity index (χ2n) is 6.58. The molecule has 0 aliphatic carbocycles. The second-order valence-corrected chi connectivity index (χ2v) is 8.99. The summed E-state index contributed by atoms with van der Waals surface area (Å²) in [5.74, 6) is -0.446. The van der Waals surface area contributed by atoms with E-state index in [1.807, 2.05) is 0 Å². The Hall–Kier alpha value is -3.00. The maximum atomic E-state index is 13.3. The van der Waals surface area contributed by atoms with E-state index in [1.165, 1.54) is 30.3 Å². The number of nitrogens with zero attached hydrogens (tertiary/aromatic N) is 1. The molecule has 0 unspecified atom stereocenters. The molecule has 4 rings (SSSR count). The highest BCUT2D eigenvalue weighted by Crippen LogP contribution is 3.02. The lowest BCUT2D eigenvalue weighted by atomic mass is 9.98. The zero-order valence-corrected chi connectivity index (χ0v) is 15.4. The summed E-state index contributed by atoms with van der Waals surface area (Å²) in [4.78, 5) is 2.34. The lowest BCUT2D eigenvalue weighted by molar-refractivity contribution is 0.364. The van der Waals surface area contributed by atoms with Crippen molar-refractivity contribution in [3.63, 3.8) is 0 Å². The van der Waals surface area contributed by atoms with Crippen LogP contribution in [0.3, 0.4) is 0 Å². The summed E-state index contributed by atoms with van der Waals surface area (Å²) >= 11 is 0. The SMILES string of the molecule is Fc1ccc(-c2cc(-c3ccccc3)c3cc(S(F)(F)(F)(F)F)ccc3n2)cc1. The third-order valence-electron chi connectivity index (χ3n) is 4.45. The Kier molecular flexibility index (Phi) is 3.84. The molecule has 0 aliphatic rings. The summed E-state index contributed by atoms with van der Waals surface area (Å²) < 4.78 is 79.9. The van der Waals surface area contributed by atoms with Crippen molar-refractivity contribution in [2.75, 3.05) is 0 Å². The standard InChI is InChI=1S/C21H13F6NS/c22-16-8-6-15(7-9-16)21-13-18(14-4-2-1-3-5-14)19-12-17(10-11-20(19)28-21)29(23,24,25,26)27/h1-13H. The summed E-state index contributed by atoms with van der Waals surface area (Å²) in [7, 11) is -9.85. The van der Waals surface area contributed by atoms with Crippen molar-refractivity contribution in [3.05, 3.63) is 84.7 Å². The van der Waals surface area contributed by atoms with Crippen molar-refractivity contribution in [2.45, 2.75) is 4.90 Å². The molecule has 0 fully saturated rings. The van der Waals surface area contributed by atoms with E-state index in [0.717, 1.165) is 6.07 Å². The fourth-order valence-electron chi connectivity index (χ4n) is 3.07. The van der Waals surface area contributed by atoms with E-state index in [2.05, 4.69) is 4.98 Å². The molecular formula is C21H13F6NS. The quantitative estimate of drug-likeness (QED) is 0.301. The zero-order valence-electron chi connectivity index (χ0n) is 14.6. The number of halogens is 6. The van der Waals surface area contributed by atoms with Gasteiger partial charge in [-0.05, 0) is 59.7 Å². The van der Waals surface area contributed by atoms with Gasteiger partial charge in [0.1, 0.15) is 10.7 Å². The van der Waals surface area contributed by atoms with Gasteiger partial charge >= 0.3 is 10.2 Å². The van der Waals surface area contributed by atoms with Crippen LogP contribution in [0, 0.1) is 5.82 Å². The van der Waals surface area contributed by atoms with Gasteiger partial charge in [0.25, 0.3) is 0 Å². The molecule has 1 aromatic heterocycles. The number of pyridine rings is 1. The third kappa shape index (κ3) is 3.93. The minimum Gasteiger partial charge on any atom is -0.248 e. The molecule has 150 valence electrons. The molecule has 4 aromatic rings. The van der Waals surface area contributed by atoms with Gasteiger partial charge in [-0.25, -0.2) is 9.37 Å². The van der Waals surface area contributed by atoms with Crippen molar-refractivity contribution in [3.8, 4) is 22.4 Å². The first-order chi connectivity index (χ1) is 13.4. The molecular weight excluding hydrogens is 412 g/mol. The van der Waals surface area contributed by atoms with Gasteiger partial charge in [0.15, 0.2) is 0 Å². The van der Waals surface area contributed by atoms with E-state index < -0.39 is 20.9 Å². The first kappa shape index (κ1) is 19.3. The van der Waals surface area contributed by atoms with E-state index in [9.17, 15) is 23.8 Å². The van der Waals surface area contributed by atoms with Crippen LogP contribution in [0.5, 0.6) is 0 Å². The topological polar surface area (TPSA) is 12.9 Å². The summed E-state index contributed by atoms with van der Waals surface area (Å²) in [6.45, 7) is 0. The first-order valence-corrected chi connectivity index (χ1v) is 10.4. The molecule has 8 heteroatoms. The average Bonchev–Trinajstić information content (AvgIpc) is 2.66. The van der Waals surface area contributed by atoms with Crippen molar-refractivity contribution < 1.29 is 23.8 Å². The molecule has 0 aliphatic heterocycles. The van der Waals surface area contributed by atoms with Crippen molar-refractivity contribution >= 4 is 21.1 Å². The molecule has 0 radical (unpaired) electrons. The van der Waals surface area contributed by atoms with E-state index in [1.54, 1.807) is 30.3 Å². The maximum absolute atomic E-state index is 13.3.